The van der Waals surface area contributed by atoms with E-state index in [9.17, 15) is 8.42 Å². The molecular formula is C17H24N6O2S. The highest BCUT2D eigenvalue weighted by Crippen LogP contribution is 2.22. The first-order valence-electron chi connectivity index (χ1n) is 8.48. The summed E-state index contributed by atoms with van der Waals surface area (Å²) in [5.74, 6) is 0.757. The molecule has 0 aliphatic carbocycles. The third-order valence-electron chi connectivity index (χ3n) is 4.38. The second-order valence-electron chi connectivity index (χ2n) is 6.42. The molecule has 1 saturated heterocycles. The minimum absolute atomic E-state index is 0.186. The molecule has 1 aliphatic heterocycles. The van der Waals surface area contributed by atoms with Crippen LogP contribution in [0.1, 0.15) is 11.3 Å². The summed E-state index contributed by atoms with van der Waals surface area (Å²) >= 11 is 0. The highest BCUT2D eigenvalue weighted by Gasteiger charge is 2.29. The summed E-state index contributed by atoms with van der Waals surface area (Å²) in [4.78, 5) is 10.6. The Balaban J connectivity index is 1.81. The number of rotatable bonds is 5. The van der Waals surface area contributed by atoms with E-state index in [1.54, 1.807) is 22.5 Å². The fourth-order valence-electron chi connectivity index (χ4n) is 2.94. The van der Waals surface area contributed by atoms with Gasteiger partial charge in [0.05, 0.1) is 4.90 Å². The van der Waals surface area contributed by atoms with Crippen molar-refractivity contribution < 1.29 is 8.42 Å². The van der Waals surface area contributed by atoms with E-state index in [4.69, 9.17) is 5.73 Å². The standard InChI is InChI=1S/C17H24N6O2S/c1-13-11-16(21-17(18)20-13)19-12-14-5-3-4-6-15(14)26(24,25)23-9-7-22(2)8-10-23/h3-6,11H,7-10,12H2,1-2H3,(H3,18,19,20,21). The van der Waals surface area contributed by atoms with E-state index >= 15 is 0 Å². The lowest BCUT2D eigenvalue weighted by Crippen LogP contribution is -2.47. The van der Waals surface area contributed by atoms with E-state index in [2.05, 4.69) is 20.2 Å². The monoisotopic (exact) mass is 376 g/mol. The third kappa shape index (κ3) is 4.12. The van der Waals surface area contributed by atoms with Crippen LogP contribution in [0.25, 0.3) is 0 Å². The molecule has 3 N–H and O–H groups in total. The minimum atomic E-state index is -3.53. The van der Waals surface area contributed by atoms with Crippen molar-refractivity contribution in [1.29, 1.82) is 0 Å². The van der Waals surface area contributed by atoms with E-state index < -0.39 is 10.0 Å². The molecule has 8 nitrogen and oxygen atoms in total. The number of sulfonamides is 1. The summed E-state index contributed by atoms with van der Waals surface area (Å²) < 4.78 is 27.7. The number of benzene rings is 1. The lowest BCUT2D eigenvalue weighted by atomic mass is 10.2. The average molecular weight is 376 g/mol. The van der Waals surface area contributed by atoms with Gasteiger partial charge in [0.2, 0.25) is 16.0 Å². The van der Waals surface area contributed by atoms with Crippen LogP contribution in [-0.4, -0.2) is 60.8 Å². The Kier molecular flexibility index (Phi) is 5.40. The highest BCUT2D eigenvalue weighted by atomic mass is 32.2. The summed E-state index contributed by atoms with van der Waals surface area (Å²) in [7, 11) is -1.53. The SMILES string of the molecule is Cc1cc(NCc2ccccc2S(=O)(=O)N2CCN(C)CC2)nc(N)n1. The molecule has 0 atom stereocenters. The maximum atomic E-state index is 13.1. The molecule has 2 heterocycles. The van der Waals surface area contributed by atoms with Gasteiger partial charge in [0, 0.05) is 44.5 Å². The van der Waals surface area contributed by atoms with Crippen molar-refractivity contribution >= 4 is 21.8 Å². The van der Waals surface area contributed by atoms with Crippen LogP contribution in [0.5, 0.6) is 0 Å². The number of likely N-dealkylation sites (N-methyl/N-ethyl adjacent to an activating group) is 1. The van der Waals surface area contributed by atoms with Gasteiger partial charge < -0.3 is 16.0 Å². The number of anilines is 2. The summed E-state index contributed by atoms with van der Waals surface area (Å²) in [6, 6.07) is 8.82. The van der Waals surface area contributed by atoms with Gasteiger partial charge in [-0.1, -0.05) is 18.2 Å². The maximum absolute atomic E-state index is 13.1. The topological polar surface area (TPSA) is 104 Å². The Morgan fingerprint density at radius 3 is 2.54 bits per heavy atom. The number of piperazine rings is 1. The maximum Gasteiger partial charge on any atom is 0.243 e. The fourth-order valence-corrected chi connectivity index (χ4v) is 4.58. The summed E-state index contributed by atoms with van der Waals surface area (Å²) in [5, 5.41) is 3.14. The molecule has 1 fully saturated rings. The first-order valence-corrected chi connectivity index (χ1v) is 9.92. The summed E-state index contributed by atoms with van der Waals surface area (Å²) in [6.45, 7) is 4.64. The molecule has 3 rings (SSSR count). The lowest BCUT2D eigenvalue weighted by molar-refractivity contribution is 0.222. The molecule has 1 aliphatic rings. The van der Waals surface area contributed by atoms with Gasteiger partial charge in [-0.3, -0.25) is 0 Å². The molecule has 140 valence electrons. The lowest BCUT2D eigenvalue weighted by Gasteiger charge is -2.32. The number of hydrogen-bond acceptors (Lipinski definition) is 7. The largest absolute Gasteiger partial charge is 0.368 e. The predicted octanol–water partition coefficient (Wildman–Crippen LogP) is 0.915. The van der Waals surface area contributed by atoms with E-state index in [-0.39, 0.29) is 5.95 Å². The number of nitrogens with one attached hydrogen (secondary N) is 1. The predicted molar refractivity (Wildman–Crippen MR) is 101 cm³/mol. The minimum Gasteiger partial charge on any atom is -0.368 e. The van der Waals surface area contributed by atoms with Crippen LogP contribution in [0.2, 0.25) is 0 Å². The van der Waals surface area contributed by atoms with Crippen molar-refractivity contribution in [2.24, 2.45) is 0 Å². The molecule has 0 unspecified atom stereocenters. The Labute approximate surface area is 154 Å². The molecular weight excluding hydrogens is 352 g/mol. The highest BCUT2D eigenvalue weighted by molar-refractivity contribution is 7.89. The van der Waals surface area contributed by atoms with Crippen molar-refractivity contribution in [3.63, 3.8) is 0 Å². The van der Waals surface area contributed by atoms with Gasteiger partial charge in [-0.2, -0.15) is 9.29 Å². The molecule has 0 spiro atoms. The van der Waals surface area contributed by atoms with Gasteiger partial charge in [0.1, 0.15) is 5.82 Å². The van der Waals surface area contributed by atoms with E-state index in [0.29, 0.717) is 35.9 Å². The van der Waals surface area contributed by atoms with Crippen molar-refractivity contribution in [3.05, 3.63) is 41.6 Å². The van der Waals surface area contributed by atoms with E-state index in [1.165, 1.54) is 0 Å². The van der Waals surface area contributed by atoms with Crippen LogP contribution in [0.15, 0.2) is 35.2 Å². The van der Waals surface area contributed by atoms with Gasteiger partial charge in [0.15, 0.2) is 0 Å². The number of aryl methyl sites for hydroxylation is 1. The Hall–Kier alpha value is -2.23. The van der Waals surface area contributed by atoms with Gasteiger partial charge in [-0.15, -0.1) is 0 Å². The van der Waals surface area contributed by atoms with E-state index in [1.807, 2.05) is 26.1 Å². The Morgan fingerprint density at radius 1 is 1.15 bits per heavy atom. The second-order valence-corrected chi connectivity index (χ2v) is 8.33. The Bertz CT molecular complexity index is 858. The number of nitrogens with zero attached hydrogens (tertiary/aromatic N) is 4. The zero-order valence-electron chi connectivity index (χ0n) is 15.0. The van der Waals surface area contributed by atoms with Gasteiger partial charge in [-0.05, 0) is 25.6 Å². The normalized spacial score (nSPS) is 16.5. The van der Waals surface area contributed by atoms with Crippen molar-refractivity contribution in [2.45, 2.75) is 18.4 Å². The van der Waals surface area contributed by atoms with Crippen LogP contribution in [0, 0.1) is 6.92 Å². The van der Waals surface area contributed by atoms with Crippen molar-refractivity contribution in [1.82, 2.24) is 19.2 Å². The van der Waals surface area contributed by atoms with Gasteiger partial charge in [0.25, 0.3) is 0 Å². The summed E-state index contributed by atoms with van der Waals surface area (Å²) in [5.41, 5.74) is 7.11. The van der Waals surface area contributed by atoms with E-state index in [0.717, 1.165) is 18.8 Å². The van der Waals surface area contributed by atoms with Crippen molar-refractivity contribution in [2.75, 3.05) is 44.3 Å². The molecule has 1 aromatic heterocycles. The number of hydrogen-bond donors (Lipinski definition) is 2. The molecule has 9 heteroatoms. The molecule has 0 bridgehead atoms. The zero-order valence-corrected chi connectivity index (χ0v) is 15.8. The summed E-state index contributed by atoms with van der Waals surface area (Å²) in [6.07, 6.45) is 0. The number of aromatic nitrogens is 2. The average Bonchev–Trinajstić information content (AvgIpc) is 2.60. The van der Waals surface area contributed by atoms with Gasteiger partial charge in [-0.25, -0.2) is 13.4 Å². The molecule has 1 aromatic carbocycles. The molecule has 0 radical (unpaired) electrons. The third-order valence-corrected chi connectivity index (χ3v) is 6.38. The zero-order chi connectivity index (χ0) is 18.7. The second kappa shape index (κ2) is 7.56. The van der Waals surface area contributed by atoms with Crippen LogP contribution < -0.4 is 11.1 Å². The first-order chi connectivity index (χ1) is 12.4. The smallest absolute Gasteiger partial charge is 0.243 e. The van der Waals surface area contributed by atoms with Crippen LogP contribution in [0.4, 0.5) is 11.8 Å². The van der Waals surface area contributed by atoms with Crippen LogP contribution in [0.3, 0.4) is 0 Å². The first kappa shape index (κ1) is 18.6. The van der Waals surface area contributed by atoms with Crippen LogP contribution >= 0.6 is 0 Å². The van der Waals surface area contributed by atoms with Gasteiger partial charge >= 0.3 is 0 Å². The quantitative estimate of drug-likeness (QED) is 0.799. The number of nitrogens with two attached hydrogens (primary N) is 1. The molecule has 0 saturated carbocycles. The number of nitrogen functional groups attached to an aromatic ring is 1. The van der Waals surface area contributed by atoms with Crippen molar-refractivity contribution in [3.8, 4) is 0 Å². The molecule has 2 aromatic rings. The molecule has 26 heavy (non-hydrogen) atoms. The van der Waals surface area contributed by atoms with Crippen LogP contribution in [-0.2, 0) is 16.6 Å². The molecule has 0 amide bonds. The fraction of sp³-hybridized carbons (Fsp3) is 0.412. The Morgan fingerprint density at radius 2 is 1.85 bits per heavy atom.